The van der Waals surface area contributed by atoms with Crippen LogP contribution in [0.25, 0.3) is 4.85 Å². The Bertz CT molecular complexity index is 1410. The minimum Gasteiger partial charge on any atom is -0.462 e. The van der Waals surface area contributed by atoms with Crippen molar-refractivity contribution in [3.05, 3.63) is 64.5 Å². The second-order valence-corrected chi connectivity index (χ2v) is 12.1. The lowest BCUT2D eigenvalue weighted by Gasteiger charge is -2.27. The van der Waals surface area contributed by atoms with Gasteiger partial charge in [-0.05, 0) is 39.0 Å². The summed E-state index contributed by atoms with van der Waals surface area (Å²) in [5.41, 5.74) is 3.20. The molecule has 1 aromatic heterocycles. The molecular formula is C27H36N5O9P. The fourth-order valence-electron chi connectivity index (χ4n) is 4.05. The molecule has 1 aliphatic rings. The van der Waals surface area contributed by atoms with Crippen LogP contribution in [-0.2, 0) is 32.9 Å². The van der Waals surface area contributed by atoms with Crippen molar-refractivity contribution < 1.29 is 37.4 Å². The van der Waals surface area contributed by atoms with Crippen molar-refractivity contribution in [2.45, 2.75) is 77.7 Å². The van der Waals surface area contributed by atoms with E-state index in [-0.39, 0.29) is 11.6 Å². The van der Waals surface area contributed by atoms with Crippen LogP contribution in [0.3, 0.4) is 0 Å². The van der Waals surface area contributed by atoms with Crippen LogP contribution in [0.1, 0.15) is 47.8 Å². The molecule has 3 N–H and O–H groups in total. The van der Waals surface area contributed by atoms with E-state index in [1.165, 1.54) is 26.1 Å². The number of hydrogen-bond acceptors (Lipinski definition) is 11. The number of nitrogens with one attached hydrogen (secondary N) is 1. The van der Waals surface area contributed by atoms with E-state index in [1.807, 2.05) is 0 Å². The standard InChI is InChI=1S/C27H36N5O9P/c1-16(2)23(33)40-22-20(39-25(27(22,6)29-7)32-14-13-21(28)30-26(32)35)15-37-42(36,41-19-11-9-8-10-12-19)31-18(5)24(34)38-17(3)4/h8-14,16-18,20,22,25H,15H2,1-6H3,(H,31,36)(H2,28,30,35)/t18-,20+,22+,25?,27+,42+/m0/s1. The SMILES string of the molecule is [C-]#[N+][C@@]1(C)C(n2ccc(N)nc2=O)O[C@H](CO[P@](=O)(N[C@@H](C)C(=O)OC(C)C)Oc2ccccc2)[C@H]1OC(=O)C(C)C. The first-order valence-electron chi connectivity index (χ1n) is 13.3. The summed E-state index contributed by atoms with van der Waals surface area (Å²) in [4.78, 5) is 45.3. The molecule has 1 aromatic carbocycles. The zero-order valence-corrected chi connectivity index (χ0v) is 25.1. The highest BCUT2D eigenvalue weighted by Gasteiger charge is 2.64. The number of para-hydroxylation sites is 1. The van der Waals surface area contributed by atoms with E-state index in [1.54, 1.807) is 58.0 Å². The van der Waals surface area contributed by atoms with Gasteiger partial charge in [0, 0.05) is 13.1 Å². The van der Waals surface area contributed by atoms with Crippen molar-refractivity contribution in [3.63, 3.8) is 0 Å². The quantitative estimate of drug-likeness (QED) is 0.206. The highest BCUT2D eigenvalue weighted by Crippen LogP contribution is 2.48. The van der Waals surface area contributed by atoms with Gasteiger partial charge in [0.2, 0.25) is 12.3 Å². The van der Waals surface area contributed by atoms with Crippen molar-refractivity contribution in [2.75, 3.05) is 12.3 Å². The summed E-state index contributed by atoms with van der Waals surface area (Å²) < 4.78 is 43.5. The van der Waals surface area contributed by atoms with E-state index < -0.39 is 74.0 Å². The predicted octanol–water partition coefficient (Wildman–Crippen LogP) is 3.10. The van der Waals surface area contributed by atoms with Gasteiger partial charge >= 0.3 is 30.9 Å². The van der Waals surface area contributed by atoms with E-state index in [0.717, 1.165) is 4.57 Å². The lowest BCUT2D eigenvalue weighted by atomic mass is 9.92. The van der Waals surface area contributed by atoms with Gasteiger partial charge in [-0.25, -0.2) is 15.9 Å². The summed E-state index contributed by atoms with van der Waals surface area (Å²) in [5, 5.41) is 2.57. The largest absolute Gasteiger partial charge is 0.462 e. The van der Waals surface area contributed by atoms with Gasteiger partial charge in [0.05, 0.1) is 18.6 Å². The van der Waals surface area contributed by atoms with E-state index in [9.17, 15) is 18.9 Å². The molecule has 3 rings (SSSR count). The number of ether oxygens (including phenoxy) is 3. The van der Waals surface area contributed by atoms with Crippen molar-refractivity contribution in [2.24, 2.45) is 5.92 Å². The van der Waals surface area contributed by atoms with Gasteiger partial charge in [-0.15, -0.1) is 0 Å². The number of carbonyl (C=O) groups excluding carboxylic acids is 2. The first-order valence-corrected chi connectivity index (χ1v) is 14.8. The third-order valence-electron chi connectivity index (χ3n) is 6.21. The molecule has 42 heavy (non-hydrogen) atoms. The Morgan fingerprint density at radius 2 is 1.86 bits per heavy atom. The maximum Gasteiger partial charge on any atom is 0.459 e. The normalized spacial score (nSPS) is 24.0. The van der Waals surface area contributed by atoms with Crippen molar-refractivity contribution >= 4 is 25.5 Å². The molecule has 0 spiro atoms. The summed E-state index contributed by atoms with van der Waals surface area (Å²) in [6, 6.07) is 8.37. The van der Waals surface area contributed by atoms with Gasteiger partial charge in [-0.1, -0.05) is 32.0 Å². The number of hydrogen-bond donors (Lipinski definition) is 2. The molecule has 1 fully saturated rings. The lowest BCUT2D eigenvalue weighted by molar-refractivity contribution is -0.158. The van der Waals surface area contributed by atoms with Crippen LogP contribution in [0.2, 0.25) is 0 Å². The fraction of sp³-hybridized carbons (Fsp3) is 0.519. The molecule has 0 radical (unpaired) electrons. The molecule has 6 atom stereocenters. The van der Waals surface area contributed by atoms with Crippen LogP contribution in [0.15, 0.2) is 47.4 Å². The second kappa shape index (κ2) is 13.5. The summed E-state index contributed by atoms with van der Waals surface area (Å²) in [5.74, 6) is -1.72. The third kappa shape index (κ3) is 7.74. The monoisotopic (exact) mass is 605 g/mol. The number of nitrogen functional groups attached to an aromatic ring is 1. The summed E-state index contributed by atoms with van der Waals surface area (Å²) in [7, 11) is -4.33. The molecule has 15 heteroatoms. The highest BCUT2D eigenvalue weighted by atomic mass is 31.2. The lowest BCUT2D eigenvalue weighted by Crippen LogP contribution is -2.47. The Kier molecular flexibility index (Phi) is 10.5. The first-order chi connectivity index (χ1) is 19.7. The molecule has 1 unspecified atom stereocenters. The number of benzene rings is 1. The number of rotatable bonds is 12. The van der Waals surface area contributed by atoms with Crippen LogP contribution >= 0.6 is 7.75 Å². The Morgan fingerprint density at radius 3 is 2.43 bits per heavy atom. The number of nitrogens with two attached hydrogens (primary N) is 1. The summed E-state index contributed by atoms with van der Waals surface area (Å²) in [6.07, 6.45) is -2.86. The van der Waals surface area contributed by atoms with Gasteiger partial charge in [0.15, 0.2) is 0 Å². The molecular weight excluding hydrogens is 569 g/mol. The smallest absolute Gasteiger partial charge is 0.459 e. The van der Waals surface area contributed by atoms with Gasteiger partial charge in [0.25, 0.3) is 0 Å². The van der Waals surface area contributed by atoms with Gasteiger partial charge in [-0.3, -0.25) is 18.7 Å². The maximum absolute atomic E-state index is 14.0. The molecule has 2 heterocycles. The number of aromatic nitrogens is 2. The van der Waals surface area contributed by atoms with Crippen LogP contribution in [0.5, 0.6) is 5.75 Å². The van der Waals surface area contributed by atoms with Crippen LogP contribution in [-0.4, -0.2) is 58.0 Å². The Balaban J connectivity index is 1.96. The molecule has 2 aromatic rings. The topological polar surface area (TPSA) is 175 Å². The second-order valence-electron chi connectivity index (χ2n) is 10.5. The average Bonchev–Trinajstić information content (AvgIpc) is 3.19. The Labute approximate surface area is 243 Å². The minimum atomic E-state index is -4.33. The summed E-state index contributed by atoms with van der Waals surface area (Å²) in [6.45, 7) is 16.9. The molecule has 0 aliphatic carbocycles. The molecule has 0 bridgehead atoms. The number of anilines is 1. The van der Waals surface area contributed by atoms with Crippen molar-refractivity contribution in [3.8, 4) is 5.75 Å². The molecule has 228 valence electrons. The Morgan fingerprint density at radius 1 is 1.19 bits per heavy atom. The van der Waals surface area contributed by atoms with Crippen molar-refractivity contribution in [1.29, 1.82) is 0 Å². The van der Waals surface area contributed by atoms with Crippen LogP contribution in [0.4, 0.5) is 5.82 Å². The maximum atomic E-state index is 14.0. The third-order valence-corrected chi connectivity index (χ3v) is 7.86. The van der Waals surface area contributed by atoms with Crippen LogP contribution in [0, 0.1) is 12.5 Å². The molecule has 14 nitrogen and oxygen atoms in total. The minimum absolute atomic E-state index is 0.0309. The van der Waals surface area contributed by atoms with E-state index in [4.69, 9.17) is 35.6 Å². The van der Waals surface area contributed by atoms with E-state index >= 15 is 0 Å². The van der Waals surface area contributed by atoms with E-state index in [2.05, 4.69) is 14.9 Å². The number of nitrogens with zero attached hydrogens (tertiary/aromatic N) is 3. The van der Waals surface area contributed by atoms with Gasteiger partial charge < -0.3 is 29.3 Å². The van der Waals surface area contributed by atoms with Crippen LogP contribution < -0.4 is 21.0 Å². The molecule has 1 aliphatic heterocycles. The van der Waals surface area contributed by atoms with E-state index in [0.29, 0.717) is 0 Å². The Hall–Kier alpha value is -3.76. The number of carbonyl (C=O) groups is 2. The molecule has 1 saturated heterocycles. The zero-order chi connectivity index (χ0) is 31.2. The summed E-state index contributed by atoms with van der Waals surface area (Å²) >= 11 is 0. The fourth-order valence-corrected chi connectivity index (χ4v) is 5.55. The number of esters is 2. The van der Waals surface area contributed by atoms with Gasteiger partial charge in [-0.2, -0.15) is 10.1 Å². The van der Waals surface area contributed by atoms with Gasteiger partial charge in [0.1, 0.15) is 23.7 Å². The van der Waals surface area contributed by atoms with Crippen molar-refractivity contribution in [1.82, 2.24) is 14.6 Å². The molecule has 0 saturated carbocycles. The molecule has 0 amide bonds. The first kappa shape index (κ1) is 32.8. The zero-order valence-electron chi connectivity index (χ0n) is 24.3. The predicted molar refractivity (Wildman–Crippen MR) is 151 cm³/mol. The average molecular weight is 606 g/mol. The highest BCUT2D eigenvalue weighted by molar-refractivity contribution is 7.52.